The summed E-state index contributed by atoms with van der Waals surface area (Å²) < 4.78 is 0. The van der Waals surface area contributed by atoms with Crippen LogP contribution in [0.4, 0.5) is 0 Å². The van der Waals surface area contributed by atoms with Crippen LogP contribution in [0.3, 0.4) is 0 Å². The largest absolute Gasteiger partial charge is 1.00 e. The van der Waals surface area contributed by atoms with E-state index in [9.17, 15) is 14.4 Å². The number of hydrogen-bond acceptors (Lipinski definition) is 3. The SMILES string of the molecule is CCCCCCCCCCCC(=O)NC(CCC(N)=O)C(=O)O.[H-].[Na+]. The van der Waals surface area contributed by atoms with Crippen molar-refractivity contribution < 1.29 is 50.5 Å². The number of primary amides is 1. The molecule has 0 aliphatic heterocycles. The third-order valence-electron chi connectivity index (χ3n) is 3.82. The molecule has 0 aromatic rings. The van der Waals surface area contributed by atoms with E-state index < -0.39 is 17.9 Å². The van der Waals surface area contributed by atoms with Gasteiger partial charge in [-0.1, -0.05) is 58.3 Å². The van der Waals surface area contributed by atoms with Crippen LogP contribution >= 0.6 is 0 Å². The van der Waals surface area contributed by atoms with Crippen molar-refractivity contribution in [1.82, 2.24) is 5.32 Å². The number of carbonyl (C=O) groups excluding carboxylic acids is 2. The van der Waals surface area contributed by atoms with Crippen LogP contribution in [0.25, 0.3) is 0 Å². The van der Waals surface area contributed by atoms with E-state index in [1.807, 2.05) is 0 Å². The molecule has 24 heavy (non-hydrogen) atoms. The first-order valence-corrected chi connectivity index (χ1v) is 8.77. The molecule has 7 heteroatoms. The first-order valence-electron chi connectivity index (χ1n) is 8.77. The zero-order valence-electron chi connectivity index (χ0n) is 16.3. The van der Waals surface area contributed by atoms with Crippen LogP contribution in [0.1, 0.15) is 85.4 Å². The molecule has 0 aliphatic carbocycles. The van der Waals surface area contributed by atoms with Gasteiger partial charge in [0.25, 0.3) is 0 Å². The molecule has 6 nitrogen and oxygen atoms in total. The summed E-state index contributed by atoms with van der Waals surface area (Å²) >= 11 is 0. The first-order chi connectivity index (χ1) is 11.0. The van der Waals surface area contributed by atoms with Crippen molar-refractivity contribution in [1.29, 1.82) is 0 Å². The normalized spacial score (nSPS) is 11.4. The molecule has 2 amide bonds. The van der Waals surface area contributed by atoms with Gasteiger partial charge < -0.3 is 17.6 Å². The number of aliphatic carboxylic acids is 1. The van der Waals surface area contributed by atoms with Crippen molar-refractivity contribution in [2.24, 2.45) is 5.73 Å². The second-order valence-corrected chi connectivity index (χ2v) is 6.04. The van der Waals surface area contributed by atoms with Crippen molar-refractivity contribution in [3.8, 4) is 0 Å². The number of rotatable bonds is 15. The van der Waals surface area contributed by atoms with Crippen LogP contribution in [0.5, 0.6) is 0 Å². The van der Waals surface area contributed by atoms with Crippen LogP contribution in [0.2, 0.25) is 0 Å². The van der Waals surface area contributed by atoms with E-state index in [1.54, 1.807) is 0 Å². The van der Waals surface area contributed by atoms with Crippen molar-refractivity contribution in [3.05, 3.63) is 0 Å². The Balaban J connectivity index is -0.00000242. The maximum atomic E-state index is 11.7. The topological polar surface area (TPSA) is 109 Å². The van der Waals surface area contributed by atoms with Gasteiger partial charge in [0.1, 0.15) is 6.04 Å². The Bertz CT molecular complexity index is 371. The molecule has 0 saturated heterocycles. The average molecular weight is 352 g/mol. The van der Waals surface area contributed by atoms with Crippen LogP contribution in [-0.2, 0) is 14.4 Å². The minimum Gasteiger partial charge on any atom is -1.00 e. The predicted octanol–water partition coefficient (Wildman–Crippen LogP) is -0.141. The summed E-state index contributed by atoms with van der Waals surface area (Å²) in [5.41, 5.74) is 4.99. The Morgan fingerprint density at radius 3 is 1.92 bits per heavy atom. The standard InChI is InChI=1S/C17H32N2O4.Na.H/c1-2-3-4-5-6-7-8-9-10-11-16(21)19-14(17(22)23)12-13-15(18)20;;/h14H,2-13H2,1H3,(H2,18,20)(H,19,21)(H,22,23);;/q;+1;-1. The van der Waals surface area contributed by atoms with E-state index in [0.29, 0.717) is 6.42 Å². The molecule has 0 aliphatic rings. The van der Waals surface area contributed by atoms with Gasteiger partial charge in [0.05, 0.1) is 0 Å². The number of hydrogen-bond donors (Lipinski definition) is 3. The molecule has 0 heterocycles. The molecule has 0 rings (SSSR count). The second kappa shape index (κ2) is 17.2. The molecular formula is C17H33N2NaO4. The van der Waals surface area contributed by atoms with Crippen LogP contribution in [0, 0.1) is 0 Å². The maximum absolute atomic E-state index is 11.7. The summed E-state index contributed by atoms with van der Waals surface area (Å²) in [6.07, 6.45) is 10.8. The second-order valence-electron chi connectivity index (χ2n) is 6.04. The van der Waals surface area contributed by atoms with Gasteiger partial charge in [0.15, 0.2) is 0 Å². The first kappa shape index (κ1) is 25.6. The van der Waals surface area contributed by atoms with E-state index >= 15 is 0 Å². The van der Waals surface area contributed by atoms with Gasteiger partial charge in [0, 0.05) is 12.8 Å². The Kier molecular flexibility index (Phi) is 18.4. The molecule has 0 spiro atoms. The fourth-order valence-electron chi connectivity index (χ4n) is 2.41. The molecule has 0 bridgehead atoms. The summed E-state index contributed by atoms with van der Waals surface area (Å²) in [6, 6.07) is -1.03. The summed E-state index contributed by atoms with van der Waals surface area (Å²) in [5.74, 6) is -1.97. The van der Waals surface area contributed by atoms with Gasteiger partial charge in [-0.3, -0.25) is 9.59 Å². The molecule has 0 fully saturated rings. The van der Waals surface area contributed by atoms with E-state index in [0.717, 1.165) is 19.3 Å². The summed E-state index contributed by atoms with van der Waals surface area (Å²) in [6.45, 7) is 2.20. The Hall–Kier alpha value is -0.590. The van der Waals surface area contributed by atoms with Gasteiger partial charge in [-0.15, -0.1) is 0 Å². The molecule has 0 radical (unpaired) electrons. The van der Waals surface area contributed by atoms with Gasteiger partial charge in [-0.05, 0) is 12.8 Å². The number of nitrogens with two attached hydrogens (primary N) is 1. The van der Waals surface area contributed by atoms with Crippen LogP contribution in [-0.4, -0.2) is 28.9 Å². The molecule has 1 unspecified atom stereocenters. The van der Waals surface area contributed by atoms with Crippen LogP contribution < -0.4 is 40.6 Å². The number of carboxylic acid groups (broad SMARTS) is 1. The molecule has 1 atom stereocenters. The minimum absolute atomic E-state index is 0. The quantitative estimate of drug-likeness (QED) is 0.281. The van der Waals surface area contributed by atoms with Crippen molar-refractivity contribution in [2.75, 3.05) is 0 Å². The molecular weight excluding hydrogens is 319 g/mol. The molecule has 136 valence electrons. The van der Waals surface area contributed by atoms with Gasteiger partial charge >= 0.3 is 35.5 Å². The monoisotopic (exact) mass is 352 g/mol. The van der Waals surface area contributed by atoms with Crippen LogP contribution in [0.15, 0.2) is 0 Å². The van der Waals surface area contributed by atoms with E-state index in [-0.39, 0.29) is 49.7 Å². The average Bonchev–Trinajstić information content (AvgIpc) is 2.49. The number of nitrogens with one attached hydrogen (secondary N) is 1. The summed E-state index contributed by atoms with van der Waals surface area (Å²) in [5, 5.41) is 11.4. The molecule has 0 aromatic heterocycles. The Labute approximate surface area is 169 Å². The van der Waals surface area contributed by atoms with Crippen molar-refractivity contribution >= 4 is 17.8 Å². The number of carbonyl (C=O) groups is 3. The van der Waals surface area contributed by atoms with Crippen molar-refractivity contribution in [2.45, 2.75) is 90.0 Å². The van der Waals surface area contributed by atoms with E-state index in [4.69, 9.17) is 10.8 Å². The van der Waals surface area contributed by atoms with E-state index in [2.05, 4.69) is 12.2 Å². The minimum atomic E-state index is -1.13. The summed E-state index contributed by atoms with van der Waals surface area (Å²) in [7, 11) is 0. The predicted molar refractivity (Wildman–Crippen MR) is 91.0 cm³/mol. The molecule has 0 aromatic carbocycles. The fourth-order valence-corrected chi connectivity index (χ4v) is 2.41. The van der Waals surface area contributed by atoms with Gasteiger partial charge in [0.2, 0.25) is 11.8 Å². The Morgan fingerprint density at radius 1 is 0.958 bits per heavy atom. The Morgan fingerprint density at radius 2 is 1.46 bits per heavy atom. The molecule has 0 saturated carbocycles. The fraction of sp³-hybridized carbons (Fsp3) is 0.824. The smallest absolute Gasteiger partial charge is 1.00 e. The maximum Gasteiger partial charge on any atom is 1.00 e. The zero-order chi connectivity index (χ0) is 17.5. The van der Waals surface area contributed by atoms with E-state index in [1.165, 1.54) is 38.5 Å². The third kappa shape index (κ3) is 16.3. The number of amides is 2. The number of carboxylic acids is 1. The zero-order valence-corrected chi connectivity index (χ0v) is 17.3. The molecule has 4 N–H and O–H groups in total. The van der Waals surface area contributed by atoms with Crippen molar-refractivity contribution in [3.63, 3.8) is 0 Å². The third-order valence-corrected chi connectivity index (χ3v) is 3.82. The number of unbranched alkanes of at least 4 members (excludes halogenated alkanes) is 8. The van der Waals surface area contributed by atoms with Gasteiger partial charge in [-0.25, -0.2) is 4.79 Å². The van der Waals surface area contributed by atoms with Gasteiger partial charge in [-0.2, -0.15) is 0 Å². The summed E-state index contributed by atoms with van der Waals surface area (Å²) in [4.78, 5) is 33.4.